The van der Waals surface area contributed by atoms with Gasteiger partial charge in [-0.15, -0.1) is 0 Å². The Balaban J connectivity index is 2.51. The van der Waals surface area contributed by atoms with E-state index >= 15 is 0 Å². The van der Waals surface area contributed by atoms with Crippen molar-refractivity contribution in [2.24, 2.45) is 5.92 Å². The minimum absolute atomic E-state index is 0.0410. The maximum Gasteiger partial charge on any atom is 0.165 e. The van der Waals surface area contributed by atoms with Gasteiger partial charge in [-0.2, -0.15) is 0 Å². The van der Waals surface area contributed by atoms with Crippen LogP contribution in [0.1, 0.15) is 19.4 Å². The molecule has 0 unspecified atom stereocenters. The first kappa shape index (κ1) is 16.9. The summed E-state index contributed by atoms with van der Waals surface area (Å²) in [6.07, 6.45) is 1.12. The highest BCUT2D eigenvalue weighted by atomic mass is 32.2. The van der Waals surface area contributed by atoms with Gasteiger partial charge in [0.15, 0.2) is 21.4 Å². The minimum atomic E-state index is -3.09. The molecular weight excluding hydrogens is 281 g/mol. The van der Waals surface area contributed by atoms with E-state index in [-0.39, 0.29) is 18.1 Å². The quantitative estimate of drug-likeness (QED) is 0.798. The van der Waals surface area contributed by atoms with Crippen molar-refractivity contribution in [3.8, 4) is 5.75 Å². The van der Waals surface area contributed by atoms with E-state index in [1.807, 2.05) is 0 Å². The molecule has 0 radical (unpaired) electrons. The van der Waals surface area contributed by atoms with Crippen LogP contribution < -0.4 is 10.1 Å². The summed E-state index contributed by atoms with van der Waals surface area (Å²) >= 11 is 0. The van der Waals surface area contributed by atoms with Crippen LogP contribution >= 0.6 is 0 Å². The van der Waals surface area contributed by atoms with Gasteiger partial charge < -0.3 is 10.1 Å². The van der Waals surface area contributed by atoms with Gasteiger partial charge in [0.2, 0.25) is 0 Å². The van der Waals surface area contributed by atoms with Crippen LogP contribution in [0, 0.1) is 11.7 Å². The van der Waals surface area contributed by atoms with Gasteiger partial charge in [0.1, 0.15) is 6.61 Å². The van der Waals surface area contributed by atoms with Crippen LogP contribution in [0.4, 0.5) is 4.39 Å². The number of nitrogens with one attached hydrogen (secondary N) is 1. The number of halogens is 1. The number of hydrogen-bond donors (Lipinski definition) is 1. The van der Waals surface area contributed by atoms with Crippen LogP contribution in [0.25, 0.3) is 0 Å². The molecule has 20 heavy (non-hydrogen) atoms. The van der Waals surface area contributed by atoms with Crippen LogP contribution in [-0.4, -0.2) is 33.6 Å². The molecule has 114 valence electrons. The monoisotopic (exact) mass is 303 g/mol. The Bertz CT molecular complexity index is 529. The van der Waals surface area contributed by atoms with Crippen molar-refractivity contribution in [1.82, 2.24) is 5.32 Å². The van der Waals surface area contributed by atoms with Crippen molar-refractivity contribution in [2.45, 2.75) is 20.4 Å². The lowest BCUT2D eigenvalue weighted by molar-refractivity contribution is 0.322. The largest absolute Gasteiger partial charge is 0.489 e. The predicted molar refractivity (Wildman–Crippen MR) is 78.2 cm³/mol. The molecule has 0 spiro atoms. The molecule has 0 amide bonds. The summed E-state index contributed by atoms with van der Waals surface area (Å²) in [6, 6.07) is 4.71. The second-order valence-corrected chi connectivity index (χ2v) is 7.53. The first-order valence-corrected chi connectivity index (χ1v) is 8.63. The lowest BCUT2D eigenvalue weighted by atomic mass is 10.2. The average Bonchev–Trinajstić information content (AvgIpc) is 2.30. The summed E-state index contributed by atoms with van der Waals surface area (Å²) in [5, 5.41) is 3.22. The van der Waals surface area contributed by atoms with Gasteiger partial charge >= 0.3 is 0 Å². The Hall–Kier alpha value is -1.14. The topological polar surface area (TPSA) is 55.4 Å². The summed E-state index contributed by atoms with van der Waals surface area (Å²) in [5.74, 6) is 0.0338. The van der Waals surface area contributed by atoms with E-state index in [4.69, 9.17) is 4.74 Å². The molecule has 0 aliphatic rings. The van der Waals surface area contributed by atoms with Gasteiger partial charge in [0.05, 0.1) is 5.75 Å². The van der Waals surface area contributed by atoms with Gasteiger partial charge in [0, 0.05) is 12.8 Å². The Morgan fingerprint density at radius 2 is 2.05 bits per heavy atom. The van der Waals surface area contributed by atoms with Crippen molar-refractivity contribution in [3.05, 3.63) is 29.6 Å². The van der Waals surface area contributed by atoms with Crippen molar-refractivity contribution >= 4 is 9.84 Å². The standard InChI is InChI=1S/C14H22FNO3S/c1-11(2)9-16-10-12-4-5-14(13(15)8-12)19-6-7-20(3,17)18/h4-5,8,11,16H,6-7,9-10H2,1-3H3. The van der Waals surface area contributed by atoms with E-state index < -0.39 is 15.7 Å². The van der Waals surface area contributed by atoms with Gasteiger partial charge in [-0.1, -0.05) is 19.9 Å². The summed E-state index contributed by atoms with van der Waals surface area (Å²) in [4.78, 5) is 0. The van der Waals surface area contributed by atoms with Crippen molar-refractivity contribution in [1.29, 1.82) is 0 Å². The molecule has 0 heterocycles. The van der Waals surface area contributed by atoms with E-state index in [1.165, 1.54) is 12.1 Å². The molecule has 1 aromatic carbocycles. The molecule has 0 atom stereocenters. The maximum atomic E-state index is 13.8. The third kappa shape index (κ3) is 6.86. The Kier molecular flexibility index (Phi) is 6.42. The SMILES string of the molecule is CC(C)CNCc1ccc(OCCS(C)(=O)=O)c(F)c1. The fourth-order valence-corrected chi connectivity index (χ4v) is 1.97. The molecule has 0 aliphatic carbocycles. The van der Waals surface area contributed by atoms with E-state index in [0.29, 0.717) is 12.5 Å². The van der Waals surface area contributed by atoms with Crippen molar-refractivity contribution in [3.63, 3.8) is 0 Å². The van der Waals surface area contributed by atoms with Gasteiger partial charge in [-0.05, 0) is 30.2 Å². The normalized spacial score (nSPS) is 11.8. The highest BCUT2D eigenvalue weighted by Crippen LogP contribution is 2.18. The van der Waals surface area contributed by atoms with Crippen LogP contribution in [0.3, 0.4) is 0 Å². The molecule has 6 heteroatoms. The first-order valence-electron chi connectivity index (χ1n) is 6.57. The number of rotatable bonds is 8. The molecule has 0 aliphatic heterocycles. The highest BCUT2D eigenvalue weighted by Gasteiger charge is 2.07. The van der Waals surface area contributed by atoms with E-state index in [1.54, 1.807) is 6.07 Å². The molecule has 0 aromatic heterocycles. The van der Waals surface area contributed by atoms with Crippen LogP contribution in [0.5, 0.6) is 5.75 Å². The zero-order valence-corrected chi connectivity index (χ0v) is 13.0. The smallest absolute Gasteiger partial charge is 0.165 e. The van der Waals surface area contributed by atoms with Crippen molar-refractivity contribution < 1.29 is 17.5 Å². The fraction of sp³-hybridized carbons (Fsp3) is 0.571. The lowest BCUT2D eigenvalue weighted by Crippen LogP contribution is -2.19. The van der Waals surface area contributed by atoms with Crippen LogP contribution in [0.2, 0.25) is 0 Å². The zero-order chi connectivity index (χ0) is 15.2. The lowest BCUT2D eigenvalue weighted by Gasteiger charge is -2.10. The Morgan fingerprint density at radius 3 is 2.60 bits per heavy atom. The molecule has 1 rings (SSSR count). The van der Waals surface area contributed by atoms with Crippen molar-refractivity contribution in [2.75, 3.05) is 25.2 Å². The predicted octanol–water partition coefficient (Wildman–Crippen LogP) is 1.99. The van der Waals surface area contributed by atoms with E-state index in [2.05, 4.69) is 19.2 Å². The molecule has 0 saturated heterocycles. The maximum absolute atomic E-state index is 13.8. The third-order valence-electron chi connectivity index (χ3n) is 2.59. The van der Waals surface area contributed by atoms with Gasteiger partial charge in [-0.25, -0.2) is 12.8 Å². The molecule has 4 nitrogen and oxygen atoms in total. The van der Waals surface area contributed by atoms with Crippen LogP contribution in [0.15, 0.2) is 18.2 Å². The first-order chi connectivity index (χ1) is 9.28. The minimum Gasteiger partial charge on any atom is -0.489 e. The molecule has 1 N–H and O–H groups in total. The molecule has 1 aromatic rings. The second-order valence-electron chi connectivity index (χ2n) is 5.27. The number of hydrogen-bond acceptors (Lipinski definition) is 4. The number of ether oxygens (including phenoxy) is 1. The van der Waals surface area contributed by atoms with E-state index in [9.17, 15) is 12.8 Å². The summed E-state index contributed by atoms with van der Waals surface area (Å²) in [7, 11) is -3.09. The van der Waals surface area contributed by atoms with Gasteiger partial charge in [-0.3, -0.25) is 0 Å². The summed E-state index contributed by atoms with van der Waals surface area (Å²) in [5.41, 5.74) is 0.832. The molecule has 0 saturated carbocycles. The number of sulfone groups is 1. The average molecular weight is 303 g/mol. The Labute approximate surface area is 120 Å². The molecule has 0 fully saturated rings. The summed E-state index contributed by atoms with van der Waals surface area (Å²) < 4.78 is 40.8. The molecule has 0 bridgehead atoms. The highest BCUT2D eigenvalue weighted by molar-refractivity contribution is 7.90. The zero-order valence-electron chi connectivity index (χ0n) is 12.1. The fourth-order valence-electron chi connectivity index (χ4n) is 1.58. The van der Waals surface area contributed by atoms with E-state index in [0.717, 1.165) is 18.4 Å². The third-order valence-corrected chi connectivity index (χ3v) is 3.50. The number of benzene rings is 1. The second kappa shape index (κ2) is 7.59. The Morgan fingerprint density at radius 1 is 1.35 bits per heavy atom. The molecular formula is C14H22FNO3S. The van der Waals surface area contributed by atoms with Gasteiger partial charge in [0.25, 0.3) is 0 Å². The summed E-state index contributed by atoms with van der Waals surface area (Å²) in [6.45, 7) is 5.63. The van der Waals surface area contributed by atoms with Crippen LogP contribution in [-0.2, 0) is 16.4 Å².